The molecule has 0 amide bonds. The van der Waals surface area contributed by atoms with Crippen LogP contribution in [-0.2, 0) is 6.42 Å². The summed E-state index contributed by atoms with van der Waals surface area (Å²) in [6.45, 7) is 2.15. The van der Waals surface area contributed by atoms with Gasteiger partial charge in [0, 0.05) is 26.7 Å². The summed E-state index contributed by atoms with van der Waals surface area (Å²) in [7, 11) is 0. The van der Waals surface area contributed by atoms with Gasteiger partial charge in [-0.3, -0.25) is 4.79 Å². The standard InChI is InChI=1S/C20H17NO2S/c1-2-6-16-17(12-7-4-3-5-8-12)18-14-11-13(22)9-10-15(14)21-20(23)19(18)24-16/h3-5,7-11,22H,2,6H2,1H3,(H,21,23). The van der Waals surface area contributed by atoms with Gasteiger partial charge in [-0.1, -0.05) is 43.7 Å². The van der Waals surface area contributed by atoms with Crippen LogP contribution in [0.2, 0.25) is 0 Å². The summed E-state index contributed by atoms with van der Waals surface area (Å²) in [5, 5.41) is 11.8. The zero-order valence-electron chi connectivity index (χ0n) is 13.3. The summed E-state index contributed by atoms with van der Waals surface area (Å²) < 4.78 is 0.732. The van der Waals surface area contributed by atoms with Gasteiger partial charge in [-0.25, -0.2) is 0 Å². The first-order valence-corrected chi connectivity index (χ1v) is 8.86. The summed E-state index contributed by atoms with van der Waals surface area (Å²) >= 11 is 1.57. The van der Waals surface area contributed by atoms with Crippen molar-refractivity contribution in [1.82, 2.24) is 4.98 Å². The number of hydrogen-bond acceptors (Lipinski definition) is 3. The second kappa shape index (κ2) is 5.80. The quantitative estimate of drug-likeness (QED) is 0.549. The van der Waals surface area contributed by atoms with Crippen molar-refractivity contribution in [2.75, 3.05) is 0 Å². The van der Waals surface area contributed by atoms with Crippen molar-refractivity contribution in [3.8, 4) is 16.9 Å². The number of aryl methyl sites for hydroxylation is 1. The molecule has 0 aliphatic heterocycles. The number of pyridine rings is 1. The van der Waals surface area contributed by atoms with E-state index in [-0.39, 0.29) is 11.3 Å². The topological polar surface area (TPSA) is 53.1 Å². The Morgan fingerprint density at radius 2 is 1.92 bits per heavy atom. The van der Waals surface area contributed by atoms with Crippen LogP contribution in [0.4, 0.5) is 0 Å². The van der Waals surface area contributed by atoms with Crippen molar-refractivity contribution < 1.29 is 5.11 Å². The van der Waals surface area contributed by atoms with Crippen LogP contribution in [0.3, 0.4) is 0 Å². The van der Waals surface area contributed by atoms with E-state index in [9.17, 15) is 9.90 Å². The van der Waals surface area contributed by atoms with Gasteiger partial charge in [0.2, 0.25) is 0 Å². The molecule has 2 aromatic carbocycles. The minimum absolute atomic E-state index is 0.0623. The van der Waals surface area contributed by atoms with Gasteiger partial charge in [0.05, 0.1) is 0 Å². The van der Waals surface area contributed by atoms with Gasteiger partial charge in [-0.15, -0.1) is 11.3 Å². The number of H-pyrrole nitrogens is 1. The first-order chi connectivity index (χ1) is 11.7. The molecule has 2 aromatic heterocycles. The smallest absolute Gasteiger partial charge is 0.266 e. The van der Waals surface area contributed by atoms with E-state index in [1.54, 1.807) is 29.5 Å². The molecule has 0 fully saturated rings. The third-order valence-corrected chi connectivity index (χ3v) is 5.50. The van der Waals surface area contributed by atoms with Crippen LogP contribution in [0, 0.1) is 0 Å². The van der Waals surface area contributed by atoms with Crippen LogP contribution in [0.5, 0.6) is 5.75 Å². The van der Waals surface area contributed by atoms with Crippen LogP contribution in [0.1, 0.15) is 18.2 Å². The number of nitrogens with one attached hydrogen (secondary N) is 1. The first kappa shape index (κ1) is 15.0. The SMILES string of the molecule is CCCc1sc2c(=O)[nH]c3ccc(O)cc3c2c1-c1ccccc1. The highest BCUT2D eigenvalue weighted by Crippen LogP contribution is 2.41. The number of benzene rings is 2. The van der Waals surface area contributed by atoms with Crippen LogP contribution in [0.25, 0.3) is 32.1 Å². The van der Waals surface area contributed by atoms with Gasteiger partial charge >= 0.3 is 0 Å². The van der Waals surface area contributed by atoms with Gasteiger partial charge in [0.25, 0.3) is 5.56 Å². The molecule has 4 heteroatoms. The van der Waals surface area contributed by atoms with E-state index in [4.69, 9.17) is 0 Å². The van der Waals surface area contributed by atoms with E-state index in [0.29, 0.717) is 0 Å². The Bertz CT molecular complexity index is 1090. The fraction of sp³-hybridized carbons (Fsp3) is 0.150. The van der Waals surface area contributed by atoms with Crippen molar-refractivity contribution in [2.24, 2.45) is 0 Å². The Morgan fingerprint density at radius 3 is 2.67 bits per heavy atom. The second-order valence-electron chi connectivity index (χ2n) is 5.90. The second-order valence-corrected chi connectivity index (χ2v) is 7.01. The van der Waals surface area contributed by atoms with E-state index in [0.717, 1.165) is 45.0 Å². The number of fused-ring (bicyclic) bond motifs is 3. The maximum Gasteiger partial charge on any atom is 0.266 e. The lowest BCUT2D eigenvalue weighted by Crippen LogP contribution is -2.04. The molecule has 0 saturated heterocycles. The number of hydrogen-bond donors (Lipinski definition) is 2. The first-order valence-electron chi connectivity index (χ1n) is 8.05. The molecular formula is C20H17NO2S. The summed E-state index contributed by atoms with van der Waals surface area (Å²) in [6, 6.07) is 15.3. The maximum absolute atomic E-state index is 12.6. The minimum atomic E-state index is -0.0623. The molecular weight excluding hydrogens is 318 g/mol. The van der Waals surface area contributed by atoms with E-state index < -0.39 is 0 Å². The average Bonchev–Trinajstić information content (AvgIpc) is 2.97. The third kappa shape index (κ3) is 2.31. The molecule has 2 heterocycles. The van der Waals surface area contributed by atoms with E-state index in [1.165, 1.54) is 4.88 Å². The number of phenolic OH excluding ortho intramolecular Hbond substituents is 1. The van der Waals surface area contributed by atoms with Crippen LogP contribution < -0.4 is 5.56 Å². The Morgan fingerprint density at radius 1 is 1.12 bits per heavy atom. The van der Waals surface area contributed by atoms with Crippen molar-refractivity contribution in [1.29, 1.82) is 0 Å². The highest BCUT2D eigenvalue weighted by atomic mass is 32.1. The number of aromatic hydroxyl groups is 1. The molecule has 4 rings (SSSR count). The molecule has 0 spiro atoms. The lowest BCUT2D eigenvalue weighted by atomic mass is 9.98. The maximum atomic E-state index is 12.6. The zero-order chi connectivity index (χ0) is 16.7. The van der Waals surface area contributed by atoms with Crippen LogP contribution in [0.15, 0.2) is 53.3 Å². The monoisotopic (exact) mass is 335 g/mol. The Hall–Kier alpha value is -2.59. The number of thiophene rings is 1. The summed E-state index contributed by atoms with van der Waals surface area (Å²) in [5.74, 6) is 0.207. The highest BCUT2D eigenvalue weighted by Gasteiger charge is 2.18. The number of rotatable bonds is 3. The van der Waals surface area contributed by atoms with E-state index in [1.807, 2.05) is 18.2 Å². The fourth-order valence-corrected chi connectivity index (χ4v) is 4.57. The van der Waals surface area contributed by atoms with Crippen molar-refractivity contribution in [3.63, 3.8) is 0 Å². The third-order valence-electron chi connectivity index (χ3n) is 4.25. The van der Waals surface area contributed by atoms with Gasteiger partial charge in [-0.05, 0) is 30.2 Å². The molecule has 0 aliphatic rings. The summed E-state index contributed by atoms with van der Waals surface area (Å²) in [4.78, 5) is 16.7. The molecule has 24 heavy (non-hydrogen) atoms. The number of aromatic amines is 1. The van der Waals surface area contributed by atoms with Crippen molar-refractivity contribution in [2.45, 2.75) is 19.8 Å². The molecule has 0 atom stereocenters. The van der Waals surface area contributed by atoms with Crippen molar-refractivity contribution in [3.05, 3.63) is 63.8 Å². The Labute approximate surface area is 143 Å². The molecule has 0 saturated carbocycles. The molecule has 4 aromatic rings. The lowest BCUT2D eigenvalue weighted by molar-refractivity contribution is 0.476. The molecule has 0 unspecified atom stereocenters. The van der Waals surface area contributed by atoms with Crippen LogP contribution >= 0.6 is 11.3 Å². The van der Waals surface area contributed by atoms with Gasteiger partial charge in [-0.2, -0.15) is 0 Å². The molecule has 3 nitrogen and oxygen atoms in total. The van der Waals surface area contributed by atoms with E-state index >= 15 is 0 Å². The predicted octanol–water partition coefficient (Wildman–Crippen LogP) is 5.07. The average molecular weight is 335 g/mol. The van der Waals surface area contributed by atoms with Gasteiger partial charge < -0.3 is 10.1 Å². The zero-order valence-corrected chi connectivity index (χ0v) is 14.1. The minimum Gasteiger partial charge on any atom is -0.508 e. The number of aromatic nitrogens is 1. The van der Waals surface area contributed by atoms with E-state index in [2.05, 4.69) is 24.0 Å². The Balaban J connectivity index is 2.22. The molecule has 2 N–H and O–H groups in total. The molecule has 120 valence electrons. The normalized spacial score (nSPS) is 11.4. The molecule has 0 bridgehead atoms. The number of phenols is 1. The largest absolute Gasteiger partial charge is 0.508 e. The lowest BCUT2D eigenvalue weighted by Gasteiger charge is -2.07. The van der Waals surface area contributed by atoms with Crippen molar-refractivity contribution >= 4 is 32.3 Å². The summed E-state index contributed by atoms with van der Waals surface area (Å²) in [6.07, 6.45) is 1.96. The molecule has 0 radical (unpaired) electrons. The fourth-order valence-electron chi connectivity index (χ4n) is 3.24. The van der Waals surface area contributed by atoms with Crippen LogP contribution in [-0.4, -0.2) is 10.1 Å². The van der Waals surface area contributed by atoms with Gasteiger partial charge in [0.15, 0.2) is 0 Å². The summed E-state index contributed by atoms with van der Waals surface area (Å²) in [5.41, 5.74) is 2.93. The van der Waals surface area contributed by atoms with Gasteiger partial charge in [0.1, 0.15) is 10.4 Å². The molecule has 0 aliphatic carbocycles. The Kier molecular flexibility index (Phi) is 3.62. The highest BCUT2D eigenvalue weighted by molar-refractivity contribution is 7.19. The predicted molar refractivity (Wildman–Crippen MR) is 101 cm³/mol.